The average Bonchev–Trinajstić information content (AvgIpc) is 3.61. The highest BCUT2D eigenvalue weighted by atomic mass is 16.4. The Bertz CT molecular complexity index is 1450. The maximum atomic E-state index is 12.1. The molecule has 36 heavy (non-hydrogen) atoms. The highest BCUT2D eigenvalue weighted by molar-refractivity contribution is 5.93. The number of aromatic carboxylic acids is 1. The lowest BCUT2D eigenvalue weighted by atomic mass is 9.98. The summed E-state index contributed by atoms with van der Waals surface area (Å²) in [5, 5.41) is 29.0. The van der Waals surface area contributed by atoms with Crippen LogP contribution in [0.5, 0.6) is 0 Å². The molecular formula is C27H25N7O2. The maximum Gasteiger partial charge on any atom is 0.341 e. The van der Waals surface area contributed by atoms with E-state index in [9.17, 15) is 9.90 Å². The monoisotopic (exact) mass is 479 g/mol. The number of carboxylic acids is 1. The first-order valence-corrected chi connectivity index (χ1v) is 11.7. The Hall–Kier alpha value is -4.79. The van der Waals surface area contributed by atoms with Crippen LogP contribution in [0.4, 0.5) is 5.82 Å². The van der Waals surface area contributed by atoms with Crippen molar-refractivity contribution in [1.29, 1.82) is 0 Å². The van der Waals surface area contributed by atoms with Gasteiger partial charge in [-0.1, -0.05) is 73.7 Å². The number of aromatic amines is 1. The Kier molecular flexibility index (Phi) is 6.53. The van der Waals surface area contributed by atoms with Crippen LogP contribution in [0, 0.1) is 0 Å². The Balaban J connectivity index is 1.44. The number of carboxylic acid groups (broad SMARTS) is 1. The lowest BCUT2D eigenvalue weighted by Gasteiger charge is -2.23. The predicted molar refractivity (Wildman–Crippen MR) is 137 cm³/mol. The second kappa shape index (κ2) is 10.2. The predicted octanol–water partition coefficient (Wildman–Crippen LogP) is 4.83. The third-order valence-corrected chi connectivity index (χ3v) is 5.89. The molecule has 0 spiro atoms. The van der Waals surface area contributed by atoms with Crippen molar-refractivity contribution in [3.63, 3.8) is 0 Å². The van der Waals surface area contributed by atoms with Gasteiger partial charge in [-0.15, -0.1) is 15.3 Å². The molecule has 2 N–H and O–H groups in total. The van der Waals surface area contributed by atoms with Crippen LogP contribution in [0.15, 0.2) is 85.1 Å². The van der Waals surface area contributed by atoms with Crippen molar-refractivity contribution in [2.75, 3.05) is 11.4 Å². The van der Waals surface area contributed by atoms with E-state index in [2.05, 4.69) is 56.9 Å². The van der Waals surface area contributed by atoms with E-state index in [4.69, 9.17) is 0 Å². The summed E-state index contributed by atoms with van der Waals surface area (Å²) >= 11 is 0. The number of benzene rings is 3. The molecule has 3 aromatic carbocycles. The van der Waals surface area contributed by atoms with E-state index in [0.29, 0.717) is 24.7 Å². The smallest absolute Gasteiger partial charge is 0.341 e. The second-order valence-electron chi connectivity index (χ2n) is 8.35. The molecule has 0 unspecified atom stereocenters. The first-order chi connectivity index (χ1) is 17.6. The van der Waals surface area contributed by atoms with Crippen LogP contribution in [0.25, 0.3) is 28.2 Å². The van der Waals surface area contributed by atoms with E-state index in [1.807, 2.05) is 59.5 Å². The number of anilines is 1. The van der Waals surface area contributed by atoms with Crippen LogP contribution in [-0.4, -0.2) is 48.0 Å². The standard InChI is InChI=1S/C27H25N7O2/c1-2-16-33(26-24(27(35)36)18-34(30-26)21-8-4-3-5-9-21)17-19-12-14-20(15-13-19)22-10-6-7-11-23(22)25-28-31-32-29-25/h3-15,18H,2,16-17H2,1H3,(H,35,36)(H,28,29,31,32). The zero-order valence-corrected chi connectivity index (χ0v) is 19.7. The van der Waals surface area contributed by atoms with Gasteiger partial charge in [0.05, 0.1) is 5.69 Å². The molecule has 5 rings (SSSR count). The lowest BCUT2D eigenvalue weighted by molar-refractivity contribution is 0.0697. The number of para-hydroxylation sites is 1. The van der Waals surface area contributed by atoms with Crippen LogP contribution < -0.4 is 4.90 Å². The first-order valence-electron chi connectivity index (χ1n) is 11.7. The number of hydrogen-bond acceptors (Lipinski definition) is 6. The summed E-state index contributed by atoms with van der Waals surface area (Å²) in [7, 11) is 0. The van der Waals surface area contributed by atoms with Gasteiger partial charge in [0.25, 0.3) is 0 Å². The van der Waals surface area contributed by atoms with Gasteiger partial charge in [-0.25, -0.2) is 9.48 Å². The van der Waals surface area contributed by atoms with Crippen molar-refractivity contribution in [3.8, 4) is 28.2 Å². The number of tetrazole rings is 1. The van der Waals surface area contributed by atoms with Gasteiger partial charge in [-0.05, 0) is 40.5 Å². The van der Waals surface area contributed by atoms with Gasteiger partial charge in [0.1, 0.15) is 5.56 Å². The summed E-state index contributed by atoms with van der Waals surface area (Å²) in [6.45, 7) is 3.28. The summed E-state index contributed by atoms with van der Waals surface area (Å²) in [4.78, 5) is 14.1. The molecule has 0 amide bonds. The average molecular weight is 480 g/mol. The third kappa shape index (κ3) is 4.72. The topological polar surface area (TPSA) is 113 Å². The Labute approximate surface area is 208 Å². The number of nitrogens with one attached hydrogen (secondary N) is 1. The van der Waals surface area contributed by atoms with Gasteiger partial charge in [-0.2, -0.15) is 5.21 Å². The number of nitrogens with zero attached hydrogens (tertiary/aromatic N) is 6. The first kappa shape index (κ1) is 23.0. The Morgan fingerprint density at radius 1 is 0.972 bits per heavy atom. The van der Waals surface area contributed by atoms with Gasteiger partial charge in [0.15, 0.2) is 5.82 Å². The minimum absolute atomic E-state index is 0.179. The fourth-order valence-electron chi connectivity index (χ4n) is 4.21. The number of H-pyrrole nitrogens is 1. The molecule has 2 aromatic heterocycles. The SMILES string of the molecule is CCCN(Cc1ccc(-c2ccccc2-c2nn[nH]n2)cc1)c1nn(-c2ccccc2)cc1C(=O)O. The van der Waals surface area contributed by atoms with E-state index < -0.39 is 5.97 Å². The van der Waals surface area contributed by atoms with Gasteiger partial charge in [0, 0.05) is 24.8 Å². The zero-order chi connectivity index (χ0) is 24.9. The molecule has 0 bridgehead atoms. The van der Waals surface area contributed by atoms with Crippen molar-refractivity contribution in [2.45, 2.75) is 19.9 Å². The normalized spacial score (nSPS) is 10.9. The highest BCUT2D eigenvalue weighted by Crippen LogP contribution is 2.30. The molecule has 0 fully saturated rings. The van der Waals surface area contributed by atoms with Crippen molar-refractivity contribution < 1.29 is 9.90 Å². The van der Waals surface area contributed by atoms with Crippen LogP contribution in [-0.2, 0) is 6.54 Å². The molecule has 5 aromatic rings. The van der Waals surface area contributed by atoms with Crippen LogP contribution >= 0.6 is 0 Å². The molecule has 0 aliphatic rings. The highest BCUT2D eigenvalue weighted by Gasteiger charge is 2.22. The van der Waals surface area contributed by atoms with E-state index in [1.54, 1.807) is 10.9 Å². The van der Waals surface area contributed by atoms with Gasteiger partial charge in [-0.3, -0.25) is 0 Å². The molecule has 9 nitrogen and oxygen atoms in total. The molecule has 0 saturated heterocycles. The quantitative estimate of drug-likeness (QED) is 0.311. The minimum atomic E-state index is -0.998. The van der Waals surface area contributed by atoms with Crippen molar-refractivity contribution >= 4 is 11.8 Å². The zero-order valence-electron chi connectivity index (χ0n) is 19.7. The van der Waals surface area contributed by atoms with Crippen LogP contribution in [0.2, 0.25) is 0 Å². The Morgan fingerprint density at radius 3 is 2.36 bits per heavy atom. The Morgan fingerprint density at radius 2 is 1.69 bits per heavy atom. The summed E-state index contributed by atoms with van der Waals surface area (Å²) in [6, 6.07) is 25.7. The maximum absolute atomic E-state index is 12.1. The molecular weight excluding hydrogens is 454 g/mol. The lowest BCUT2D eigenvalue weighted by Crippen LogP contribution is -2.25. The van der Waals surface area contributed by atoms with Crippen molar-refractivity contribution in [3.05, 3.63) is 96.2 Å². The number of aromatic nitrogens is 6. The second-order valence-corrected chi connectivity index (χ2v) is 8.35. The van der Waals surface area contributed by atoms with Gasteiger partial charge < -0.3 is 10.0 Å². The molecule has 0 aliphatic carbocycles. The molecule has 2 heterocycles. The van der Waals surface area contributed by atoms with Crippen LogP contribution in [0.1, 0.15) is 29.3 Å². The van der Waals surface area contributed by atoms with Gasteiger partial charge >= 0.3 is 5.97 Å². The number of carbonyl (C=O) groups is 1. The molecule has 0 radical (unpaired) electrons. The molecule has 0 aliphatic heterocycles. The van der Waals surface area contributed by atoms with Crippen LogP contribution in [0.3, 0.4) is 0 Å². The van der Waals surface area contributed by atoms with E-state index in [1.165, 1.54) is 0 Å². The fraction of sp³-hybridized carbons (Fsp3) is 0.148. The molecule has 0 saturated carbocycles. The molecule has 0 atom stereocenters. The summed E-state index contributed by atoms with van der Waals surface area (Å²) < 4.78 is 1.62. The summed E-state index contributed by atoms with van der Waals surface area (Å²) in [5.41, 5.74) is 4.97. The number of rotatable bonds is 9. The van der Waals surface area contributed by atoms with E-state index in [0.717, 1.165) is 34.4 Å². The third-order valence-electron chi connectivity index (χ3n) is 5.89. The van der Waals surface area contributed by atoms with Crippen molar-refractivity contribution in [1.82, 2.24) is 30.4 Å². The van der Waals surface area contributed by atoms with Crippen molar-refractivity contribution in [2.24, 2.45) is 0 Å². The minimum Gasteiger partial charge on any atom is -0.477 e. The largest absolute Gasteiger partial charge is 0.477 e. The van der Waals surface area contributed by atoms with E-state index >= 15 is 0 Å². The molecule has 9 heteroatoms. The molecule has 180 valence electrons. The van der Waals surface area contributed by atoms with Gasteiger partial charge in [0.2, 0.25) is 5.82 Å². The summed E-state index contributed by atoms with van der Waals surface area (Å²) in [6.07, 6.45) is 2.43. The fourth-order valence-corrected chi connectivity index (χ4v) is 4.21. The number of hydrogen-bond donors (Lipinski definition) is 2. The van der Waals surface area contributed by atoms with E-state index in [-0.39, 0.29) is 5.56 Å². The summed E-state index contributed by atoms with van der Waals surface area (Å²) in [5.74, 6) is 0.000404.